The fourth-order valence-corrected chi connectivity index (χ4v) is 1.67. The van der Waals surface area contributed by atoms with Crippen molar-refractivity contribution in [3.8, 4) is 0 Å². The summed E-state index contributed by atoms with van der Waals surface area (Å²) in [4.78, 5) is 0. The van der Waals surface area contributed by atoms with Gasteiger partial charge in [0, 0.05) is 6.04 Å². The number of benzene rings is 1. The third-order valence-electron chi connectivity index (χ3n) is 2.34. The Morgan fingerprint density at radius 2 is 2.00 bits per heavy atom. The second-order valence-corrected chi connectivity index (χ2v) is 3.23. The number of rotatable bonds is 1. The van der Waals surface area contributed by atoms with Gasteiger partial charge < -0.3 is 5.32 Å². The maximum absolute atomic E-state index is 3.50. The molecular formula is C11H14N. The SMILES string of the molecule is [CH]1CCN[C@H](c2ccccc2)C1. The molecule has 0 aromatic heterocycles. The van der Waals surface area contributed by atoms with Crippen molar-refractivity contribution in [2.45, 2.75) is 18.9 Å². The van der Waals surface area contributed by atoms with Gasteiger partial charge in [0.1, 0.15) is 0 Å². The van der Waals surface area contributed by atoms with E-state index < -0.39 is 0 Å². The zero-order valence-electron chi connectivity index (χ0n) is 7.16. The average molecular weight is 160 g/mol. The van der Waals surface area contributed by atoms with E-state index in [-0.39, 0.29) is 0 Å². The van der Waals surface area contributed by atoms with E-state index in [1.807, 2.05) is 0 Å². The Hall–Kier alpha value is -0.820. The Balaban J connectivity index is 2.08. The predicted octanol–water partition coefficient (Wildman–Crippen LogP) is 2.32. The molecule has 0 bridgehead atoms. The summed E-state index contributed by atoms with van der Waals surface area (Å²) in [7, 11) is 0. The van der Waals surface area contributed by atoms with Crippen LogP contribution >= 0.6 is 0 Å². The van der Waals surface area contributed by atoms with Crippen molar-refractivity contribution in [2.24, 2.45) is 0 Å². The highest BCUT2D eigenvalue weighted by Crippen LogP contribution is 2.21. The second kappa shape index (κ2) is 3.72. The minimum Gasteiger partial charge on any atom is -0.310 e. The number of hydrogen-bond donors (Lipinski definition) is 1. The van der Waals surface area contributed by atoms with Crippen molar-refractivity contribution >= 4 is 0 Å². The van der Waals surface area contributed by atoms with Crippen LogP contribution in [0.4, 0.5) is 0 Å². The van der Waals surface area contributed by atoms with Gasteiger partial charge in [0.25, 0.3) is 0 Å². The second-order valence-electron chi connectivity index (χ2n) is 3.23. The molecule has 1 aliphatic heterocycles. The van der Waals surface area contributed by atoms with Gasteiger partial charge in [-0.05, 0) is 31.4 Å². The smallest absolute Gasteiger partial charge is 0.0322 e. The first-order chi connectivity index (χ1) is 5.97. The molecule has 0 unspecified atom stereocenters. The zero-order chi connectivity index (χ0) is 8.23. The Labute approximate surface area is 73.8 Å². The fourth-order valence-electron chi connectivity index (χ4n) is 1.67. The summed E-state index contributed by atoms with van der Waals surface area (Å²) in [6.07, 6.45) is 4.75. The first kappa shape index (κ1) is 7.81. The maximum atomic E-state index is 3.50. The number of piperidine rings is 1. The van der Waals surface area contributed by atoms with Gasteiger partial charge in [0.2, 0.25) is 0 Å². The Morgan fingerprint density at radius 1 is 1.17 bits per heavy atom. The summed E-state index contributed by atoms with van der Waals surface area (Å²) in [5.74, 6) is 0. The van der Waals surface area contributed by atoms with E-state index in [0.717, 1.165) is 6.54 Å². The van der Waals surface area contributed by atoms with Crippen LogP contribution in [0.2, 0.25) is 0 Å². The highest BCUT2D eigenvalue weighted by atomic mass is 14.9. The van der Waals surface area contributed by atoms with Crippen LogP contribution < -0.4 is 5.32 Å². The minimum atomic E-state index is 0.556. The van der Waals surface area contributed by atoms with E-state index in [1.165, 1.54) is 18.4 Å². The Morgan fingerprint density at radius 3 is 2.67 bits per heavy atom. The Kier molecular flexibility index (Phi) is 2.42. The lowest BCUT2D eigenvalue weighted by molar-refractivity contribution is 0.475. The van der Waals surface area contributed by atoms with Crippen molar-refractivity contribution in [3.63, 3.8) is 0 Å². The van der Waals surface area contributed by atoms with Crippen molar-refractivity contribution < 1.29 is 0 Å². The average Bonchev–Trinajstić information content (AvgIpc) is 2.21. The quantitative estimate of drug-likeness (QED) is 0.664. The van der Waals surface area contributed by atoms with Gasteiger partial charge in [-0.1, -0.05) is 30.3 Å². The molecule has 1 aromatic carbocycles. The third-order valence-corrected chi connectivity index (χ3v) is 2.34. The van der Waals surface area contributed by atoms with Crippen molar-refractivity contribution in [2.75, 3.05) is 6.54 Å². The molecule has 1 N–H and O–H groups in total. The van der Waals surface area contributed by atoms with E-state index in [4.69, 9.17) is 0 Å². The molecule has 1 heteroatoms. The Bertz CT molecular complexity index is 224. The molecule has 0 amide bonds. The summed E-state index contributed by atoms with van der Waals surface area (Å²) in [5.41, 5.74) is 1.41. The molecule has 0 spiro atoms. The van der Waals surface area contributed by atoms with Crippen LogP contribution in [0, 0.1) is 6.42 Å². The van der Waals surface area contributed by atoms with Gasteiger partial charge >= 0.3 is 0 Å². The van der Waals surface area contributed by atoms with Gasteiger partial charge in [0.15, 0.2) is 0 Å². The van der Waals surface area contributed by atoms with Crippen LogP contribution in [0.3, 0.4) is 0 Å². The van der Waals surface area contributed by atoms with Crippen LogP contribution in [0.5, 0.6) is 0 Å². The lowest BCUT2D eigenvalue weighted by Gasteiger charge is -2.23. The maximum Gasteiger partial charge on any atom is 0.0322 e. The molecule has 1 aliphatic rings. The molecule has 0 aliphatic carbocycles. The van der Waals surface area contributed by atoms with Gasteiger partial charge in [-0.2, -0.15) is 0 Å². The highest BCUT2D eigenvalue weighted by molar-refractivity contribution is 5.19. The van der Waals surface area contributed by atoms with Gasteiger partial charge in [-0.3, -0.25) is 0 Å². The molecule has 0 saturated carbocycles. The highest BCUT2D eigenvalue weighted by Gasteiger charge is 2.13. The van der Waals surface area contributed by atoms with E-state index in [9.17, 15) is 0 Å². The summed E-state index contributed by atoms with van der Waals surface area (Å²) in [6, 6.07) is 11.2. The molecular weight excluding hydrogens is 146 g/mol. The molecule has 1 aromatic rings. The monoisotopic (exact) mass is 160 g/mol. The van der Waals surface area contributed by atoms with Crippen LogP contribution in [0.25, 0.3) is 0 Å². The topological polar surface area (TPSA) is 12.0 Å². The van der Waals surface area contributed by atoms with Crippen molar-refractivity contribution in [3.05, 3.63) is 42.3 Å². The van der Waals surface area contributed by atoms with Crippen LogP contribution in [-0.4, -0.2) is 6.54 Å². The molecule has 12 heavy (non-hydrogen) atoms. The first-order valence-corrected chi connectivity index (χ1v) is 4.57. The largest absolute Gasteiger partial charge is 0.310 e. The molecule has 63 valence electrons. The van der Waals surface area contributed by atoms with Gasteiger partial charge in [0.05, 0.1) is 0 Å². The molecule has 1 radical (unpaired) electrons. The first-order valence-electron chi connectivity index (χ1n) is 4.57. The van der Waals surface area contributed by atoms with Crippen LogP contribution in [-0.2, 0) is 0 Å². The lowest BCUT2D eigenvalue weighted by Crippen LogP contribution is -2.26. The number of nitrogens with one attached hydrogen (secondary N) is 1. The van der Waals surface area contributed by atoms with E-state index in [0.29, 0.717) is 6.04 Å². The predicted molar refractivity (Wildman–Crippen MR) is 50.7 cm³/mol. The summed E-state index contributed by atoms with van der Waals surface area (Å²) >= 11 is 0. The van der Waals surface area contributed by atoms with E-state index >= 15 is 0 Å². The van der Waals surface area contributed by atoms with Gasteiger partial charge in [-0.25, -0.2) is 0 Å². The molecule has 1 heterocycles. The molecule has 1 nitrogen and oxygen atoms in total. The van der Waals surface area contributed by atoms with Crippen molar-refractivity contribution in [1.29, 1.82) is 0 Å². The summed E-state index contributed by atoms with van der Waals surface area (Å²) in [5, 5.41) is 3.50. The van der Waals surface area contributed by atoms with Crippen LogP contribution in [0.15, 0.2) is 30.3 Å². The normalized spacial score (nSPS) is 23.8. The number of hydrogen-bond acceptors (Lipinski definition) is 1. The van der Waals surface area contributed by atoms with Crippen molar-refractivity contribution in [1.82, 2.24) is 5.32 Å². The van der Waals surface area contributed by atoms with Gasteiger partial charge in [-0.15, -0.1) is 0 Å². The molecule has 1 atom stereocenters. The zero-order valence-corrected chi connectivity index (χ0v) is 7.16. The summed E-state index contributed by atoms with van der Waals surface area (Å²) < 4.78 is 0. The lowest BCUT2D eigenvalue weighted by atomic mass is 9.98. The van der Waals surface area contributed by atoms with E-state index in [2.05, 4.69) is 42.1 Å². The standard InChI is InChI=1S/C11H14N/c1-2-6-10(7-3-1)11-8-4-5-9-12-11/h1-4,6-7,11-12H,5,8-9H2/t11-/m0/s1. The van der Waals surface area contributed by atoms with Crippen LogP contribution in [0.1, 0.15) is 24.4 Å². The molecule has 2 rings (SSSR count). The summed E-state index contributed by atoms with van der Waals surface area (Å²) in [6.45, 7) is 1.12. The third kappa shape index (κ3) is 1.67. The molecule has 1 fully saturated rings. The molecule has 1 saturated heterocycles. The minimum absolute atomic E-state index is 0.556. The fraction of sp³-hybridized carbons (Fsp3) is 0.364. The van der Waals surface area contributed by atoms with E-state index in [1.54, 1.807) is 0 Å².